The van der Waals surface area contributed by atoms with Gasteiger partial charge in [0.1, 0.15) is 6.04 Å². The van der Waals surface area contributed by atoms with Crippen LogP contribution in [0.25, 0.3) is 10.9 Å². The molecule has 0 bridgehead atoms. The van der Waals surface area contributed by atoms with Gasteiger partial charge in [-0.1, -0.05) is 13.3 Å². The molecule has 4 heteroatoms. The monoisotopic (exact) mass is 295 g/mol. The third-order valence-corrected chi connectivity index (χ3v) is 4.40. The number of carbonyl (C=O) groups is 1. The minimum atomic E-state index is -0.409. The molecule has 3 rings (SSSR count). The van der Waals surface area contributed by atoms with E-state index in [1.165, 1.54) is 24.1 Å². The van der Waals surface area contributed by atoms with E-state index in [1.54, 1.807) is 0 Å². The number of carbonyl (C=O) groups excluding carboxylic acids is 1. The first-order valence-corrected chi connectivity index (χ1v) is 8.07. The predicted octanol–water partition coefficient (Wildman–Crippen LogP) is 3.47. The van der Waals surface area contributed by atoms with Crippen molar-refractivity contribution in [1.29, 1.82) is 5.26 Å². The number of H-pyrrole nitrogens is 1. The molecule has 2 N–H and O–H groups in total. The Bertz CT molecular complexity index is 739. The van der Waals surface area contributed by atoms with Crippen molar-refractivity contribution in [3.8, 4) is 6.07 Å². The Kier molecular flexibility index (Phi) is 4.15. The van der Waals surface area contributed by atoms with Crippen LogP contribution in [-0.2, 0) is 12.8 Å². The molecular weight excluding hydrogens is 274 g/mol. The maximum absolute atomic E-state index is 12.4. The van der Waals surface area contributed by atoms with Crippen LogP contribution in [0.1, 0.15) is 54.2 Å². The van der Waals surface area contributed by atoms with E-state index in [0.717, 1.165) is 30.2 Å². The Morgan fingerprint density at radius 3 is 3.00 bits per heavy atom. The smallest absolute Gasteiger partial charge is 0.252 e. The number of benzene rings is 1. The minimum absolute atomic E-state index is 0.160. The second-order valence-corrected chi connectivity index (χ2v) is 5.99. The number of nitrogens with zero attached hydrogens (tertiary/aromatic N) is 1. The molecule has 4 nitrogen and oxygen atoms in total. The van der Waals surface area contributed by atoms with Crippen LogP contribution in [0.4, 0.5) is 0 Å². The number of aromatic amines is 1. The van der Waals surface area contributed by atoms with Crippen molar-refractivity contribution >= 4 is 16.8 Å². The van der Waals surface area contributed by atoms with Gasteiger partial charge in [-0.15, -0.1) is 0 Å². The summed E-state index contributed by atoms with van der Waals surface area (Å²) >= 11 is 0. The molecule has 2 aromatic rings. The summed E-state index contributed by atoms with van der Waals surface area (Å²) in [5.41, 5.74) is 4.42. The number of rotatable bonds is 4. The van der Waals surface area contributed by atoms with Crippen molar-refractivity contribution < 1.29 is 4.79 Å². The maximum Gasteiger partial charge on any atom is 0.252 e. The normalized spacial score (nSPS) is 15.1. The van der Waals surface area contributed by atoms with Crippen LogP contribution < -0.4 is 5.32 Å². The van der Waals surface area contributed by atoms with Crippen LogP contribution >= 0.6 is 0 Å². The summed E-state index contributed by atoms with van der Waals surface area (Å²) in [6.45, 7) is 2.01. The van der Waals surface area contributed by atoms with Crippen molar-refractivity contribution in [3.63, 3.8) is 0 Å². The van der Waals surface area contributed by atoms with Crippen molar-refractivity contribution in [1.82, 2.24) is 10.3 Å². The highest BCUT2D eigenvalue weighted by molar-refractivity contribution is 5.99. The fourth-order valence-corrected chi connectivity index (χ4v) is 3.25. The molecular formula is C18H21N3O. The summed E-state index contributed by atoms with van der Waals surface area (Å²) in [5.74, 6) is -0.160. The topological polar surface area (TPSA) is 68.7 Å². The zero-order valence-electron chi connectivity index (χ0n) is 12.9. The van der Waals surface area contributed by atoms with Crippen LogP contribution in [0.15, 0.2) is 18.2 Å². The van der Waals surface area contributed by atoms with E-state index in [4.69, 9.17) is 5.26 Å². The number of aromatic nitrogens is 1. The van der Waals surface area contributed by atoms with E-state index in [-0.39, 0.29) is 5.91 Å². The summed E-state index contributed by atoms with van der Waals surface area (Å²) < 4.78 is 0. The van der Waals surface area contributed by atoms with Gasteiger partial charge in [-0.25, -0.2) is 0 Å². The van der Waals surface area contributed by atoms with Gasteiger partial charge in [0.15, 0.2) is 0 Å². The lowest BCUT2D eigenvalue weighted by Crippen LogP contribution is -2.33. The molecule has 1 heterocycles. The average Bonchev–Trinajstić information content (AvgIpc) is 2.92. The van der Waals surface area contributed by atoms with Crippen LogP contribution in [0.3, 0.4) is 0 Å². The maximum atomic E-state index is 12.4. The minimum Gasteiger partial charge on any atom is -0.358 e. The first kappa shape index (κ1) is 14.6. The van der Waals surface area contributed by atoms with Crippen LogP contribution in [0.2, 0.25) is 0 Å². The van der Waals surface area contributed by atoms with E-state index < -0.39 is 6.04 Å². The van der Waals surface area contributed by atoms with Gasteiger partial charge in [-0.2, -0.15) is 5.26 Å². The second kappa shape index (κ2) is 6.23. The Morgan fingerprint density at radius 1 is 1.41 bits per heavy atom. The molecule has 1 aromatic carbocycles. The standard InChI is InChI=1S/C18H21N3O/c1-2-5-13(11-19)20-18(22)12-8-9-17-15(10-12)14-6-3-4-7-16(14)21-17/h8-10,13,21H,2-7H2,1H3,(H,20,22). The molecule has 0 saturated carbocycles. The largest absolute Gasteiger partial charge is 0.358 e. The molecule has 1 aliphatic rings. The summed E-state index contributed by atoms with van der Waals surface area (Å²) in [4.78, 5) is 15.8. The van der Waals surface area contributed by atoms with E-state index in [1.807, 2.05) is 25.1 Å². The first-order chi connectivity index (χ1) is 10.7. The number of fused-ring (bicyclic) bond motifs is 3. The van der Waals surface area contributed by atoms with Crippen LogP contribution in [0, 0.1) is 11.3 Å². The van der Waals surface area contributed by atoms with Gasteiger partial charge >= 0.3 is 0 Å². The number of nitrogens with one attached hydrogen (secondary N) is 2. The lowest BCUT2D eigenvalue weighted by Gasteiger charge is -2.12. The lowest BCUT2D eigenvalue weighted by molar-refractivity contribution is 0.0944. The van der Waals surface area contributed by atoms with E-state index in [2.05, 4.69) is 16.4 Å². The Morgan fingerprint density at radius 2 is 2.23 bits per heavy atom. The summed E-state index contributed by atoms with van der Waals surface area (Å²) in [6.07, 6.45) is 6.18. The second-order valence-electron chi connectivity index (χ2n) is 5.99. The molecule has 1 aromatic heterocycles. The molecule has 0 saturated heterocycles. The Hall–Kier alpha value is -2.28. The molecule has 0 fully saturated rings. The van der Waals surface area contributed by atoms with Crippen LogP contribution in [0.5, 0.6) is 0 Å². The summed E-state index contributed by atoms with van der Waals surface area (Å²) in [6, 6.07) is 7.51. The SMILES string of the molecule is CCCC(C#N)NC(=O)c1ccc2[nH]c3c(c2c1)CCCC3. The van der Waals surface area contributed by atoms with Crippen molar-refractivity contribution in [2.45, 2.75) is 51.5 Å². The van der Waals surface area contributed by atoms with Crippen LogP contribution in [-0.4, -0.2) is 16.9 Å². The number of hydrogen-bond donors (Lipinski definition) is 2. The number of aryl methyl sites for hydroxylation is 2. The molecule has 0 aliphatic heterocycles. The number of nitriles is 1. The van der Waals surface area contributed by atoms with Gasteiger partial charge in [-0.3, -0.25) is 4.79 Å². The molecule has 1 aliphatic carbocycles. The van der Waals surface area contributed by atoms with Crippen molar-refractivity contribution in [3.05, 3.63) is 35.0 Å². The fraction of sp³-hybridized carbons (Fsp3) is 0.444. The molecule has 1 unspecified atom stereocenters. The molecule has 114 valence electrons. The van der Waals surface area contributed by atoms with Gasteiger partial charge in [0, 0.05) is 22.2 Å². The number of amides is 1. The third kappa shape index (κ3) is 2.71. The molecule has 1 amide bonds. The van der Waals surface area contributed by atoms with E-state index >= 15 is 0 Å². The predicted molar refractivity (Wildman–Crippen MR) is 86.7 cm³/mol. The van der Waals surface area contributed by atoms with Gasteiger partial charge in [-0.05, 0) is 55.9 Å². The number of hydrogen-bond acceptors (Lipinski definition) is 2. The highest BCUT2D eigenvalue weighted by Crippen LogP contribution is 2.29. The summed E-state index contributed by atoms with van der Waals surface area (Å²) in [5, 5.41) is 13.0. The third-order valence-electron chi connectivity index (χ3n) is 4.40. The molecule has 0 radical (unpaired) electrons. The van der Waals surface area contributed by atoms with Crippen molar-refractivity contribution in [2.24, 2.45) is 0 Å². The van der Waals surface area contributed by atoms with Gasteiger partial charge < -0.3 is 10.3 Å². The van der Waals surface area contributed by atoms with Gasteiger partial charge in [0.2, 0.25) is 0 Å². The molecule has 1 atom stereocenters. The quantitative estimate of drug-likeness (QED) is 0.906. The zero-order chi connectivity index (χ0) is 15.5. The fourth-order valence-electron chi connectivity index (χ4n) is 3.25. The Labute approximate surface area is 130 Å². The van der Waals surface area contributed by atoms with Crippen molar-refractivity contribution in [2.75, 3.05) is 0 Å². The zero-order valence-corrected chi connectivity index (χ0v) is 12.9. The van der Waals surface area contributed by atoms with E-state index in [0.29, 0.717) is 12.0 Å². The highest BCUT2D eigenvalue weighted by Gasteiger charge is 2.18. The van der Waals surface area contributed by atoms with Gasteiger partial charge in [0.25, 0.3) is 5.91 Å². The van der Waals surface area contributed by atoms with Gasteiger partial charge in [0.05, 0.1) is 6.07 Å². The Balaban J connectivity index is 1.88. The highest BCUT2D eigenvalue weighted by atomic mass is 16.1. The lowest BCUT2D eigenvalue weighted by atomic mass is 9.95. The molecule has 0 spiro atoms. The van der Waals surface area contributed by atoms with E-state index in [9.17, 15) is 4.79 Å². The summed E-state index contributed by atoms with van der Waals surface area (Å²) in [7, 11) is 0. The first-order valence-electron chi connectivity index (χ1n) is 8.07. The molecule has 22 heavy (non-hydrogen) atoms. The average molecular weight is 295 g/mol.